The summed E-state index contributed by atoms with van der Waals surface area (Å²) in [6.07, 6.45) is 1.20. The molecule has 0 fully saturated rings. The maximum absolute atomic E-state index is 11.6. The van der Waals surface area contributed by atoms with Gasteiger partial charge in [-0.2, -0.15) is 5.26 Å². The highest BCUT2D eigenvalue weighted by molar-refractivity contribution is 14.1. The number of hydrogen-bond acceptors (Lipinski definition) is 6. The number of ether oxygens (including phenoxy) is 2. The van der Waals surface area contributed by atoms with Gasteiger partial charge < -0.3 is 20.2 Å². The summed E-state index contributed by atoms with van der Waals surface area (Å²) in [6.45, 7) is 0. The van der Waals surface area contributed by atoms with Crippen LogP contribution in [0.15, 0.2) is 23.3 Å². The van der Waals surface area contributed by atoms with Gasteiger partial charge in [0.25, 0.3) is 11.4 Å². The number of aromatic amines is 1. The monoisotopic (exact) mass is 384 g/mol. The Morgan fingerprint density at radius 1 is 1.45 bits per heavy atom. The zero-order chi connectivity index (χ0) is 14.7. The number of hydrogen-bond donors (Lipinski definition) is 2. The van der Waals surface area contributed by atoms with E-state index in [1.54, 1.807) is 6.07 Å². The van der Waals surface area contributed by atoms with Crippen molar-refractivity contribution in [3.63, 3.8) is 0 Å². The molecule has 0 saturated heterocycles. The molecule has 0 aliphatic carbocycles. The number of benzene rings is 1. The van der Waals surface area contributed by atoms with Crippen molar-refractivity contribution in [2.24, 2.45) is 0 Å². The number of aromatic nitrogens is 2. The van der Waals surface area contributed by atoms with Crippen LogP contribution < -0.4 is 20.8 Å². The molecule has 0 unspecified atom stereocenters. The van der Waals surface area contributed by atoms with Crippen LogP contribution in [-0.2, 0) is 0 Å². The molecular formula is C12H9IN4O3. The number of rotatable bonds is 3. The minimum atomic E-state index is -0.459. The average Bonchev–Trinajstić information content (AvgIpc) is 2.42. The van der Waals surface area contributed by atoms with E-state index >= 15 is 0 Å². The molecule has 3 N–H and O–H groups in total. The second kappa shape index (κ2) is 5.79. The first kappa shape index (κ1) is 14.1. The summed E-state index contributed by atoms with van der Waals surface area (Å²) < 4.78 is 11.1. The highest BCUT2D eigenvalue weighted by Gasteiger charge is 2.15. The van der Waals surface area contributed by atoms with Crippen molar-refractivity contribution in [3.05, 3.63) is 37.9 Å². The van der Waals surface area contributed by atoms with Gasteiger partial charge in [0.1, 0.15) is 0 Å². The van der Waals surface area contributed by atoms with Crippen LogP contribution in [0.3, 0.4) is 0 Å². The van der Waals surface area contributed by atoms with Gasteiger partial charge >= 0.3 is 0 Å². The van der Waals surface area contributed by atoms with Gasteiger partial charge in [0.2, 0.25) is 5.75 Å². The molecule has 7 nitrogen and oxygen atoms in total. The number of nitrogens with zero attached hydrogens (tertiary/aromatic N) is 2. The highest BCUT2D eigenvalue weighted by atomic mass is 127. The molecule has 0 amide bonds. The second-order valence-electron chi connectivity index (χ2n) is 3.66. The molecule has 0 bridgehead atoms. The standard InChI is InChI=1S/C12H9IN4O3/c1-19-10-11(18)16-5-17-12(10)20-9-7(13)2-6(4-14)3-8(9)15/h2-3,5H,15H2,1H3,(H,16,17,18). The summed E-state index contributed by atoms with van der Waals surface area (Å²) in [4.78, 5) is 17.8. The molecule has 0 aliphatic rings. The zero-order valence-electron chi connectivity index (χ0n) is 10.3. The van der Waals surface area contributed by atoms with Gasteiger partial charge in [-0.25, -0.2) is 4.98 Å². The number of nitriles is 1. The zero-order valence-corrected chi connectivity index (χ0v) is 12.5. The van der Waals surface area contributed by atoms with Gasteiger partial charge in [-0.05, 0) is 34.7 Å². The molecule has 20 heavy (non-hydrogen) atoms. The van der Waals surface area contributed by atoms with E-state index in [1.807, 2.05) is 28.7 Å². The number of nitrogen functional groups attached to an aromatic ring is 1. The van der Waals surface area contributed by atoms with E-state index in [-0.39, 0.29) is 17.3 Å². The van der Waals surface area contributed by atoms with Crippen molar-refractivity contribution in [2.45, 2.75) is 0 Å². The van der Waals surface area contributed by atoms with Crippen LogP contribution in [0.5, 0.6) is 17.4 Å². The smallest absolute Gasteiger partial charge is 0.297 e. The Hall–Kier alpha value is -2.28. The van der Waals surface area contributed by atoms with Gasteiger partial charge in [-0.1, -0.05) is 0 Å². The fourth-order valence-corrected chi connectivity index (χ4v) is 2.26. The van der Waals surface area contributed by atoms with Crippen LogP contribution in [-0.4, -0.2) is 17.1 Å². The first-order valence-corrected chi connectivity index (χ1v) is 6.43. The van der Waals surface area contributed by atoms with E-state index in [0.29, 0.717) is 14.9 Å². The normalized spacial score (nSPS) is 9.85. The Morgan fingerprint density at radius 2 is 2.20 bits per heavy atom. The number of nitrogens with two attached hydrogens (primary N) is 1. The van der Waals surface area contributed by atoms with Crippen LogP contribution in [0, 0.1) is 14.9 Å². The lowest BCUT2D eigenvalue weighted by Gasteiger charge is -2.11. The van der Waals surface area contributed by atoms with Crippen molar-refractivity contribution >= 4 is 28.3 Å². The average molecular weight is 384 g/mol. The number of nitrogens with one attached hydrogen (secondary N) is 1. The maximum Gasteiger partial charge on any atom is 0.297 e. The maximum atomic E-state index is 11.6. The lowest BCUT2D eigenvalue weighted by molar-refractivity contribution is 0.363. The third kappa shape index (κ3) is 2.67. The number of anilines is 1. The van der Waals surface area contributed by atoms with E-state index in [0.717, 1.165) is 0 Å². The molecule has 1 heterocycles. The Bertz CT molecular complexity index is 728. The van der Waals surface area contributed by atoms with Crippen LogP contribution >= 0.6 is 22.6 Å². The molecule has 1 aromatic heterocycles. The van der Waals surface area contributed by atoms with Gasteiger partial charge in [0, 0.05) is 0 Å². The lowest BCUT2D eigenvalue weighted by Crippen LogP contribution is -2.11. The van der Waals surface area contributed by atoms with Crippen LogP contribution in [0.4, 0.5) is 5.69 Å². The third-order valence-corrected chi connectivity index (χ3v) is 3.18. The molecular weight excluding hydrogens is 375 g/mol. The van der Waals surface area contributed by atoms with Crippen molar-refractivity contribution in [1.82, 2.24) is 9.97 Å². The molecule has 102 valence electrons. The fourth-order valence-electron chi connectivity index (χ4n) is 1.51. The lowest BCUT2D eigenvalue weighted by atomic mass is 10.2. The second-order valence-corrected chi connectivity index (χ2v) is 4.82. The highest BCUT2D eigenvalue weighted by Crippen LogP contribution is 2.34. The predicted molar refractivity (Wildman–Crippen MR) is 79.8 cm³/mol. The van der Waals surface area contributed by atoms with Gasteiger partial charge in [0.15, 0.2) is 5.75 Å². The summed E-state index contributed by atoms with van der Waals surface area (Å²) in [5.41, 5.74) is 6.08. The minimum absolute atomic E-state index is 0.00516. The van der Waals surface area contributed by atoms with Gasteiger partial charge in [-0.15, -0.1) is 0 Å². The van der Waals surface area contributed by atoms with E-state index in [2.05, 4.69) is 9.97 Å². The molecule has 1 aromatic carbocycles. The molecule has 2 aromatic rings. The molecule has 0 aliphatic heterocycles. The molecule has 2 rings (SSSR count). The van der Waals surface area contributed by atoms with E-state index in [1.165, 1.54) is 19.5 Å². The Morgan fingerprint density at radius 3 is 2.80 bits per heavy atom. The Balaban J connectivity index is 2.49. The van der Waals surface area contributed by atoms with Crippen LogP contribution in [0.1, 0.15) is 5.56 Å². The van der Waals surface area contributed by atoms with Crippen LogP contribution in [0.25, 0.3) is 0 Å². The van der Waals surface area contributed by atoms with Gasteiger partial charge in [0.05, 0.1) is 34.3 Å². The Labute approximate surface area is 127 Å². The summed E-state index contributed by atoms with van der Waals surface area (Å²) in [5, 5.41) is 8.86. The third-order valence-electron chi connectivity index (χ3n) is 2.38. The summed E-state index contributed by atoms with van der Waals surface area (Å²) in [7, 11) is 1.34. The first-order chi connectivity index (χ1) is 9.56. The number of halogens is 1. The van der Waals surface area contributed by atoms with E-state index in [4.69, 9.17) is 20.5 Å². The largest absolute Gasteiger partial charge is 0.487 e. The number of H-pyrrole nitrogens is 1. The fraction of sp³-hybridized carbons (Fsp3) is 0.0833. The molecule has 0 radical (unpaired) electrons. The first-order valence-electron chi connectivity index (χ1n) is 5.35. The SMILES string of the molecule is COc1c(Oc2c(N)cc(C#N)cc2I)nc[nH]c1=O. The quantitative estimate of drug-likeness (QED) is 0.614. The van der Waals surface area contributed by atoms with E-state index < -0.39 is 5.56 Å². The van der Waals surface area contributed by atoms with Crippen molar-refractivity contribution in [2.75, 3.05) is 12.8 Å². The van der Waals surface area contributed by atoms with Crippen molar-refractivity contribution < 1.29 is 9.47 Å². The summed E-state index contributed by atoms with van der Waals surface area (Å²) >= 11 is 1.98. The summed E-state index contributed by atoms with van der Waals surface area (Å²) in [6, 6.07) is 5.10. The van der Waals surface area contributed by atoms with Crippen molar-refractivity contribution in [3.8, 4) is 23.4 Å². The van der Waals surface area contributed by atoms with Crippen LogP contribution in [0.2, 0.25) is 0 Å². The topological polar surface area (TPSA) is 114 Å². The number of methoxy groups -OCH3 is 1. The van der Waals surface area contributed by atoms with Gasteiger partial charge in [-0.3, -0.25) is 4.79 Å². The molecule has 8 heteroatoms. The summed E-state index contributed by atoms with van der Waals surface area (Å²) in [5.74, 6) is 0.277. The van der Waals surface area contributed by atoms with E-state index in [9.17, 15) is 4.79 Å². The van der Waals surface area contributed by atoms with Crippen molar-refractivity contribution in [1.29, 1.82) is 5.26 Å². The predicted octanol–water partition coefficient (Wildman–Crippen LogP) is 1.63. The molecule has 0 spiro atoms. The Kier molecular flexibility index (Phi) is 4.09. The molecule has 0 atom stereocenters. The minimum Gasteiger partial charge on any atom is -0.487 e. The molecule has 0 saturated carbocycles.